The number of benzene rings is 3. The quantitative estimate of drug-likeness (QED) is 0.270. The highest BCUT2D eigenvalue weighted by Crippen LogP contribution is 2.43. The molecular formula is C33H37FN3O2S+. The Balaban J connectivity index is 1.31. The van der Waals surface area contributed by atoms with Gasteiger partial charge in [0, 0.05) is 23.4 Å². The second-order valence-electron chi connectivity index (χ2n) is 10.8. The number of anilines is 1. The summed E-state index contributed by atoms with van der Waals surface area (Å²) in [6.45, 7) is 1.94. The molecule has 2 amide bonds. The molecule has 1 atom stereocenters. The molecule has 0 radical (unpaired) electrons. The van der Waals surface area contributed by atoms with Gasteiger partial charge in [0.2, 0.25) is 0 Å². The van der Waals surface area contributed by atoms with E-state index in [-0.39, 0.29) is 24.2 Å². The first-order valence-corrected chi connectivity index (χ1v) is 15.0. The molecule has 0 spiro atoms. The van der Waals surface area contributed by atoms with E-state index in [1.807, 2.05) is 48.5 Å². The Labute approximate surface area is 240 Å². The zero-order valence-corrected chi connectivity index (χ0v) is 23.8. The van der Waals surface area contributed by atoms with Crippen LogP contribution >= 0.6 is 11.8 Å². The molecule has 3 aromatic carbocycles. The SMILES string of the molecule is C[NH+](CCCNC(=O)c1ccc2c(c1)N(Cc1ccc(F)cc1)C(=O)C(=Cc1ccccc1)S2)C1CCCCC1. The number of hydrogen-bond acceptors (Lipinski definition) is 3. The van der Waals surface area contributed by atoms with Crippen molar-refractivity contribution < 1.29 is 18.9 Å². The molecule has 0 aromatic heterocycles. The summed E-state index contributed by atoms with van der Waals surface area (Å²) in [4.78, 5) is 31.5. The molecule has 40 heavy (non-hydrogen) atoms. The maximum atomic E-state index is 13.7. The molecule has 2 N–H and O–H groups in total. The van der Waals surface area contributed by atoms with Crippen molar-refractivity contribution in [3.05, 3.63) is 100 Å². The predicted octanol–water partition coefficient (Wildman–Crippen LogP) is 5.47. The number of thioether (sulfide) groups is 1. The third-order valence-corrected chi connectivity index (χ3v) is 8.95. The second-order valence-corrected chi connectivity index (χ2v) is 11.8. The lowest BCUT2D eigenvalue weighted by Gasteiger charge is -2.31. The van der Waals surface area contributed by atoms with E-state index < -0.39 is 0 Å². The standard InChI is InChI=1S/C33H36FN3O2S/c1-36(28-11-6-3-7-12-28)20-8-19-35-32(38)26-15-18-30-29(22-26)37(23-25-13-16-27(34)17-14-25)33(39)31(40-30)21-24-9-4-2-5-10-24/h2,4-5,9-10,13-18,21-22,28H,3,6-8,11-12,19-20,23H2,1H3,(H,35,38)/p+1. The van der Waals surface area contributed by atoms with Gasteiger partial charge in [0.1, 0.15) is 5.82 Å². The van der Waals surface area contributed by atoms with Gasteiger partial charge < -0.3 is 15.1 Å². The molecule has 1 saturated carbocycles. The molecular weight excluding hydrogens is 521 g/mol. The van der Waals surface area contributed by atoms with Crippen LogP contribution in [0.15, 0.2) is 82.6 Å². The number of fused-ring (bicyclic) bond motifs is 1. The minimum absolute atomic E-state index is 0.136. The van der Waals surface area contributed by atoms with E-state index in [4.69, 9.17) is 0 Å². The first kappa shape index (κ1) is 28.1. The molecule has 2 aliphatic rings. The topological polar surface area (TPSA) is 53.9 Å². The lowest BCUT2D eigenvalue weighted by Crippen LogP contribution is -3.13. The van der Waals surface area contributed by atoms with Crippen molar-refractivity contribution >= 4 is 35.3 Å². The van der Waals surface area contributed by atoms with Crippen LogP contribution in [0.25, 0.3) is 6.08 Å². The van der Waals surface area contributed by atoms with Gasteiger partial charge in [-0.05, 0) is 73.2 Å². The van der Waals surface area contributed by atoms with Crippen molar-refractivity contribution in [1.82, 2.24) is 5.32 Å². The van der Waals surface area contributed by atoms with E-state index in [1.54, 1.807) is 28.0 Å². The van der Waals surface area contributed by atoms with Gasteiger partial charge in [-0.1, -0.05) is 60.6 Å². The number of rotatable bonds is 9. The van der Waals surface area contributed by atoms with E-state index in [2.05, 4.69) is 12.4 Å². The molecule has 208 valence electrons. The summed E-state index contributed by atoms with van der Waals surface area (Å²) in [6, 6.07) is 22.2. The van der Waals surface area contributed by atoms with Crippen molar-refractivity contribution in [2.45, 2.75) is 56.0 Å². The number of quaternary nitrogens is 1. The minimum Gasteiger partial charge on any atom is -0.352 e. The number of amides is 2. The lowest BCUT2D eigenvalue weighted by molar-refractivity contribution is -0.907. The third kappa shape index (κ3) is 7.01. The fourth-order valence-corrected chi connectivity index (χ4v) is 6.59. The average molecular weight is 559 g/mol. The summed E-state index contributed by atoms with van der Waals surface area (Å²) in [5, 5.41) is 3.07. The summed E-state index contributed by atoms with van der Waals surface area (Å²) in [5.41, 5.74) is 2.97. The molecule has 3 aromatic rings. The number of nitrogens with zero attached hydrogens (tertiary/aromatic N) is 1. The van der Waals surface area contributed by atoms with Crippen LogP contribution < -0.4 is 15.1 Å². The Morgan fingerprint density at radius 1 is 1.05 bits per heavy atom. The Kier molecular flexibility index (Phi) is 9.34. The summed E-state index contributed by atoms with van der Waals surface area (Å²) in [5.74, 6) is -0.597. The summed E-state index contributed by atoms with van der Waals surface area (Å²) >= 11 is 1.41. The number of carbonyl (C=O) groups excluding carboxylic acids is 2. The highest BCUT2D eigenvalue weighted by atomic mass is 32.2. The molecule has 1 heterocycles. The number of nitrogens with one attached hydrogen (secondary N) is 2. The molecule has 0 saturated heterocycles. The van der Waals surface area contributed by atoms with Crippen molar-refractivity contribution in [1.29, 1.82) is 0 Å². The highest BCUT2D eigenvalue weighted by molar-refractivity contribution is 8.04. The van der Waals surface area contributed by atoms with Gasteiger partial charge in [0.15, 0.2) is 0 Å². The summed E-state index contributed by atoms with van der Waals surface area (Å²) < 4.78 is 13.6. The van der Waals surface area contributed by atoms with Crippen LogP contribution in [0.1, 0.15) is 60.0 Å². The Morgan fingerprint density at radius 3 is 2.55 bits per heavy atom. The van der Waals surface area contributed by atoms with E-state index in [0.717, 1.165) is 35.0 Å². The smallest absolute Gasteiger partial charge is 0.265 e. The molecule has 1 fully saturated rings. The van der Waals surface area contributed by atoms with Gasteiger partial charge in [-0.25, -0.2) is 4.39 Å². The van der Waals surface area contributed by atoms with E-state index in [0.29, 0.717) is 22.7 Å². The number of halogens is 1. The van der Waals surface area contributed by atoms with Gasteiger partial charge >= 0.3 is 0 Å². The van der Waals surface area contributed by atoms with Gasteiger partial charge in [0.25, 0.3) is 11.8 Å². The van der Waals surface area contributed by atoms with Crippen LogP contribution in [-0.2, 0) is 11.3 Å². The lowest BCUT2D eigenvalue weighted by atomic mass is 9.94. The first-order valence-electron chi connectivity index (χ1n) is 14.2. The first-order chi connectivity index (χ1) is 19.5. The summed E-state index contributed by atoms with van der Waals surface area (Å²) in [7, 11) is 2.27. The molecule has 0 bridgehead atoms. The summed E-state index contributed by atoms with van der Waals surface area (Å²) in [6.07, 6.45) is 9.45. The molecule has 5 nitrogen and oxygen atoms in total. The van der Waals surface area contributed by atoms with Gasteiger partial charge in [0.05, 0.1) is 36.8 Å². The van der Waals surface area contributed by atoms with Gasteiger partial charge in [-0.3, -0.25) is 9.59 Å². The van der Waals surface area contributed by atoms with Crippen LogP contribution in [0.5, 0.6) is 0 Å². The number of carbonyl (C=O) groups is 2. The fourth-order valence-electron chi connectivity index (χ4n) is 5.55. The monoisotopic (exact) mass is 558 g/mol. The van der Waals surface area contributed by atoms with Crippen LogP contribution in [0.3, 0.4) is 0 Å². The van der Waals surface area contributed by atoms with Crippen molar-refractivity contribution in [2.75, 3.05) is 25.0 Å². The predicted molar refractivity (Wildman–Crippen MR) is 160 cm³/mol. The zero-order valence-electron chi connectivity index (χ0n) is 23.0. The average Bonchev–Trinajstić information content (AvgIpc) is 2.99. The fraction of sp³-hybridized carbons (Fsp3) is 0.333. The molecule has 1 unspecified atom stereocenters. The van der Waals surface area contributed by atoms with Gasteiger partial charge in [-0.15, -0.1) is 0 Å². The van der Waals surface area contributed by atoms with Crippen LogP contribution in [-0.4, -0.2) is 38.0 Å². The van der Waals surface area contributed by atoms with Crippen LogP contribution in [0.4, 0.5) is 10.1 Å². The second kappa shape index (κ2) is 13.3. The molecule has 1 aliphatic heterocycles. The maximum absolute atomic E-state index is 13.7. The molecule has 5 rings (SSSR count). The van der Waals surface area contributed by atoms with E-state index in [1.165, 1.54) is 56.0 Å². The largest absolute Gasteiger partial charge is 0.352 e. The van der Waals surface area contributed by atoms with Gasteiger partial charge in [-0.2, -0.15) is 0 Å². The van der Waals surface area contributed by atoms with Crippen LogP contribution in [0, 0.1) is 5.82 Å². The molecule has 1 aliphatic carbocycles. The highest BCUT2D eigenvalue weighted by Gasteiger charge is 2.30. The van der Waals surface area contributed by atoms with Crippen LogP contribution in [0.2, 0.25) is 0 Å². The van der Waals surface area contributed by atoms with Crippen molar-refractivity contribution in [3.63, 3.8) is 0 Å². The Hall–Kier alpha value is -3.42. The zero-order chi connectivity index (χ0) is 27.9. The Bertz CT molecular complexity index is 1350. The molecule has 7 heteroatoms. The normalized spacial score (nSPS) is 17.5. The van der Waals surface area contributed by atoms with E-state index in [9.17, 15) is 14.0 Å². The number of hydrogen-bond donors (Lipinski definition) is 2. The van der Waals surface area contributed by atoms with Crippen molar-refractivity contribution in [2.24, 2.45) is 0 Å². The van der Waals surface area contributed by atoms with Crippen molar-refractivity contribution in [3.8, 4) is 0 Å². The third-order valence-electron chi connectivity index (χ3n) is 7.87. The Morgan fingerprint density at radius 2 is 1.80 bits per heavy atom. The minimum atomic E-state index is -0.320. The maximum Gasteiger partial charge on any atom is 0.265 e. The van der Waals surface area contributed by atoms with E-state index >= 15 is 0 Å².